The van der Waals surface area contributed by atoms with Crippen LogP contribution in [0.1, 0.15) is 12.8 Å². The molecule has 0 bridgehead atoms. The van der Waals surface area contributed by atoms with Gasteiger partial charge in [0.05, 0.1) is 0 Å². The van der Waals surface area contributed by atoms with Gasteiger partial charge in [-0.05, 0) is 19.4 Å². The third-order valence-corrected chi connectivity index (χ3v) is 3.12. The van der Waals surface area contributed by atoms with Crippen molar-refractivity contribution in [3.05, 3.63) is 12.4 Å². The van der Waals surface area contributed by atoms with Gasteiger partial charge in [0.2, 0.25) is 0 Å². The summed E-state index contributed by atoms with van der Waals surface area (Å²) in [6.45, 7) is 1.18. The first kappa shape index (κ1) is 8.13. The van der Waals surface area contributed by atoms with E-state index in [1.807, 2.05) is 6.20 Å². The molecule has 66 valence electrons. The molecule has 0 amide bonds. The van der Waals surface area contributed by atoms with Gasteiger partial charge in [-0.25, -0.2) is 4.98 Å². The zero-order valence-electron chi connectivity index (χ0n) is 6.92. The number of aromatic amines is 1. The molecule has 1 aromatic heterocycles. The van der Waals surface area contributed by atoms with E-state index in [1.165, 1.54) is 19.4 Å². The average Bonchev–Trinajstić information content (AvgIpc) is 2.74. The lowest BCUT2D eigenvalue weighted by molar-refractivity contribution is 0.673. The second-order valence-electron chi connectivity index (χ2n) is 3.00. The maximum absolute atomic E-state index is 4.16. The van der Waals surface area contributed by atoms with Crippen molar-refractivity contribution in [1.82, 2.24) is 15.3 Å². The highest BCUT2D eigenvalue weighted by atomic mass is 32.2. The average molecular weight is 183 g/mol. The topological polar surface area (TPSA) is 40.7 Å². The molecule has 0 aliphatic carbocycles. The van der Waals surface area contributed by atoms with Gasteiger partial charge in [0.15, 0.2) is 5.16 Å². The van der Waals surface area contributed by atoms with Gasteiger partial charge in [0.25, 0.3) is 0 Å². The van der Waals surface area contributed by atoms with Crippen molar-refractivity contribution in [2.75, 3.05) is 12.3 Å². The third kappa shape index (κ3) is 2.01. The van der Waals surface area contributed by atoms with Gasteiger partial charge in [-0.2, -0.15) is 0 Å². The lowest BCUT2D eigenvalue weighted by Gasteiger charge is -2.06. The summed E-state index contributed by atoms with van der Waals surface area (Å²) in [6, 6.07) is 0.695. The van der Waals surface area contributed by atoms with Gasteiger partial charge in [-0.1, -0.05) is 11.8 Å². The van der Waals surface area contributed by atoms with Crippen molar-refractivity contribution >= 4 is 11.8 Å². The highest BCUT2D eigenvalue weighted by Crippen LogP contribution is 2.16. The second-order valence-corrected chi connectivity index (χ2v) is 4.01. The van der Waals surface area contributed by atoms with Crippen molar-refractivity contribution in [3.8, 4) is 0 Å². The minimum atomic E-state index is 0.695. The Hall–Kier alpha value is -0.480. The predicted octanol–water partition coefficient (Wildman–Crippen LogP) is 1.25. The van der Waals surface area contributed by atoms with E-state index in [9.17, 15) is 0 Å². The quantitative estimate of drug-likeness (QED) is 0.693. The van der Waals surface area contributed by atoms with Crippen molar-refractivity contribution < 1.29 is 0 Å². The fourth-order valence-electron chi connectivity index (χ4n) is 1.41. The zero-order chi connectivity index (χ0) is 8.23. The summed E-state index contributed by atoms with van der Waals surface area (Å²) in [7, 11) is 0. The number of imidazole rings is 1. The molecule has 2 heterocycles. The molecule has 1 aliphatic heterocycles. The van der Waals surface area contributed by atoms with Gasteiger partial charge >= 0.3 is 0 Å². The Bertz CT molecular complexity index is 216. The Balaban J connectivity index is 1.74. The molecule has 2 rings (SSSR count). The van der Waals surface area contributed by atoms with Crippen LogP contribution in [0.25, 0.3) is 0 Å². The molecule has 1 fully saturated rings. The van der Waals surface area contributed by atoms with Crippen LogP contribution in [0.15, 0.2) is 17.6 Å². The van der Waals surface area contributed by atoms with Gasteiger partial charge in [0.1, 0.15) is 0 Å². The van der Waals surface area contributed by atoms with Crippen LogP contribution in [-0.4, -0.2) is 28.3 Å². The van der Waals surface area contributed by atoms with Crippen LogP contribution in [0.4, 0.5) is 0 Å². The fourth-order valence-corrected chi connectivity index (χ4v) is 2.34. The number of rotatable bonds is 3. The Morgan fingerprint density at radius 3 is 3.33 bits per heavy atom. The Kier molecular flexibility index (Phi) is 2.68. The molecule has 3 nitrogen and oxygen atoms in total. The number of nitrogens with one attached hydrogen (secondary N) is 2. The maximum atomic E-state index is 4.16. The molecule has 0 unspecified atom stereocenters. The van der Waals surface area contributed by atoms with E-state index >= 15 is 0 Å². The summed E-state index contributed by atoms with van der Waals surface area (Å²) >= 11 is 1.80. The molecule has 1 atom stereocenters. The number of aromatic nitrogens is 2. The first-order chi connectivity index (χ1) is 5.95. The molecule has 0 saturated carbocycles. The monoisotopic (exact) mass is 183 g/mol. The summed E-state index contributed by atoms with van der Waals surface area (Å²) in [5, 5.41) is 4.49. The summed E-state index contributed by atoms with van der Waals surface area (Å²) < 4.78 is 0. The molecular weight excluding hydrogens is 170 g/mol. The Morgan fingerprint density at radius 2 is 2.67 bits per heavy atom. The summed E-state index contributed by atoms with van der Waals surface area (Å²) in [6.07, 6.45) is 6.30. The van der Waals surface area contributed by atoms with Crippen molar-refractivity contribution in [2.45, 2.75) is 24.0 Å². The number of hydrogen-bond donors (Lipinski definition) is 2. The van der Waals surface area contributed by atoms with Crippen LogP contribution < -0.4 is 5.32 Å². The van der Waals surface area contributed by atoms with Crippen LogP contribution in [-0.2, 0) is 0 Å². The molecule has 0 spiro atoms. The summed E-state index contributed by atoms with van der Waals surface area (Å²) in [4.78, 5) is 7.24. The van der Waals surface area contributed by atoms with Crippen LogP contribution >= 0.6 is 11.8 Å². The van der Waals surface area contributed by atoms with E-state index in [4.69, 9.17) is 0 Å². The molecule has 1 saturated heterocycles. The van der Waals surface area contributed by atoms with E-state index in [1.54, 1.807) is 18.0 Å². The number of thioether (sulfide) groups is 1. The Morgan fingerprint density at radius 1 is 1.67 bits per heavy atom. The van der Waals surface area contributed by atoms with Crippen molar-refractivity contribution in [1.29, 1.82) is 0 Å². The first-order valence-electron chi connectivity index (χ1n) is 4.31. The van der Waals surface area contributed by atoms with E-state index < -0.39 is 0 Å². The molecule has 1 aliphatic rings. The van der Waals surface area contributed by atoms with Crippen LogP contribution in [0.5, 0.6) is 0 Å². The molecule has 1 aromatic rings. The molecule has 0 aromatic carbocycles. The molecule has 4 heteroatoms. The molecule has 12 heavy (non-hydrogen) atoms. The standard InChI is InChI=1S/C8H13N3S/c1-2-7(9-3-1)6-12-8-10-4-5-11-8/h4-5,7,9H,1-3,6H2,(H,10,11)/t7-/m1/s1. The minimum Gasteiger partial charge on any atom is -0.340 e. The van der Waals surface area contributed by atoms with Gasteiger partial charge < -0.3 is 10.3 Å². The van der Waals surface area contributed by atoms with E-state index in [-0.39, 0.29) is 0 Å². The predicted molar refractivity (Wildman–Crippen MR) is 50.3 cm³/mol. The molecule has 0 radical (unpaired) electrons. The number of hydrogen-bond acceptors (Lipinski definition) is 3. The van der Waals surface area contributed by atoms with E-state index in [2.05, 4.69) is 15.3 Å². The van der Waals surface area contributed by atoms with Crippen LogP contribution in [0.3, 0.4) is 0 Å². The van der Waals surface area contributed by atoms with Gasteiger partial charge in [0, 0.05) is 24.2 Å². The van der Waals surface area contributed by atoms with Gasteiger partial charge in [-0.15, -0.1) is 0 Å². The lowest BCUT2D eigenvalue weighted by Crippen LogP contribution is -2.23. The highest BCUT2D eigenvalue weighted by Gasteiger charge is 2.13. The molecule has 2 N–H and O–H groups in total. The maximum Gasteiger partial charge on any atom is 0.165 e. The van der Waals surface area contributed by atoms with Gasteiger partial charge in [-0.3, -0.25) is 0 Å². The number of H-pyrrole nitrogens is 1. The van der Waals surface area contributed by atoms with Crippen LogP contribution in [0.2, 0.25) is 0 Å². The van der Waals surface area contributed by atoms with Crippen LogP contribution in [0, 0.1) is 0 Å². The molecular formula is C8H13N3S. The summed E-state index contributed by atoms with van der Waals surface area (Å²) in [5.41, 5.74) is 0. The normalized spacial score (nSPS) is 23.2. The lowest BCUT2D eigenvalue weighted by atomic mass is 10.3. The largest absolute Gasteiger partial charge is 0.340 e. The number of nitrogens with zero attached hydrogens (tertiary/aromatic N) is 1. The second kappa shape index (κ2) is 3.96. The smallest absolute Gasteiger partial charge is 0.165 e. The Labute approximate surface area is 76.4 Å². The van der Waals surface area contributed by atoms with E-state index in [0.717, 1.165) is 10.9 Å². The zero-order valence-corrected chi connectivity index (χ0v) is 7.73. The first-order valence-corrected chi connectivity index (χ1v) is 5.29. The van der Waals surface area contributed by atoms with Crippen molar-refractivity contribution in [2.24, 2.45) is 0 Å². The SMILES string of the molecule is c1c[nH]c(SC[C@H]2CCCN2)n1. The highest BCUT2D eigenvalue weighted by molar-refractivity contribution is 7.99. The van der Waals surface area contributed by atoms with Crippen molar-refractivity contribution in [3.63, 3.8) is 0 Å². The minimum absolute atomic E-state index is 0.695. The van der Waals surface area contributed by atoms with E-state index in [0.29, 0.717) is 6.04 Å². The fraction of sp³-hybridized carbons (Fsp3) is 0.625. The summed E-state index contributed by atoms with van der Waals surface area (Å²) in [5.74, 6) is 1.13. The third-order valence-electron chi connectivity index (χ3n) is 2.06.